The topological polar surface area (TPSA) is 113 Å². The van der Waals surface area contributed by atoms with E-state index in [1.54, 1.807) is 0 Å². The summed E-state index contributed by atoms with van der Waals surface area (Å²) < 4.78 is 19.0. The van der Waals surface area contributed by atoms with Crippen LogP contribution in [0.1, 0.15) is 5.56 Å². The third kappa shape index (κ3) is 4.25. The largest absolute Gasteiger partial charge is 0.480 e. The minimum atomic E-state index is -1.19. The van der Waals surface area contributed by atoms with Crippen LogP contribution in [-0.4, -0.2) is 35.5 Å². The predicted octanol–water partition coefficient (Wildman–Crippen LogP) is 2.61. The van der Waals surface area contributed by atoms with E-state index < -0.39 is 41.8 Å². The molecule has 0 spiro atoms. The molecule has 10 heteroatoms. The number of benzene rings is 2. The number of carboxylic acids is 1. The lowest BCUT2D eigenvalue weighted by Gasteiger charge is -2.26. The minimum Gasteiger partial charge on any atom is -0.480 e. The molecule has 0 radical (unpaired) electrons. The number of hydrogen-bond donors (Lipinski definition) is 2. The van der Waals surface area contributed by atoms with Crippen molar-refractivity contribution in [3.8, 4) is 5.75 Å². The Morgan fingerprint density at radius 1 is 1.21 bits per heavy atom. The summed E-state index contributed by atoms with van der Waals surface area (Å²) in [5, 5.41) is 10.7. The first-order valence-corrected chi connectivity index (χ1v) is 8.46. The van der Waals surface area contributed by atoms with E-state index in [4.69, 9.17) is 21.4 Å². The predicted molar refractivity (Wildman–Crippen MR) is 100.0 cm³/mol. The van der Waals surface area contributed by atoms with E-state index in [9.17, 15) is 23.6 Å². The average molecular weight is 419 g/mol. The number of nitrogens with one attached hydrogen (secondary N) is 1. The number of rotatable bonds is 5. The second-order valence-electron chi connectivity index (χ2n) is 5.78. The third-order valence-corrected chi connectivity index (χ3v) is 4.11. The summed E-state index contributed by atoms with van der Waals surface area (Å²) in [5.74, 6) is -3.86. The number of urea groups is 1. The molecule has 4 amide bonds. The Hall–Kier alpha value is -3.72. The summed E-state index contributed by atoms with van der Waals surface area (Å²) in [4.78, 5) is 48.0. The van der Waals surface area contributed by atoms with E-state index in [1.165, 1.54) is 42.5 Å². The molecular weight excluding hydrogens is 407 g/mol. The highest BCUT2D eigenvalue weighted by Crippen LogP contribution is 2.28. The molecule has 0 aliphatic carbocycles. The lowest BCUT2D eigenvalue weighted by molar-refractivity contribution is -0.139. The highest BCUT2D eigenvalue weighted by atomic mass is 35.5. The summed E-state index contributed by atoms with van der Waals surface area (Å²) >= 11 is 6.03. The maximum Gasteiger partial charge on any atom is 0.341 e. The van der Waals surface area contributed by atoms with Gasteiger partial charge in [-0.05, 0) is 35.9 Å². The molecule has 1 saturated heterocycles. The first kappa shape index (κ1) is 20.0. The van der Waals surface area contributed by atoms with Crippen molar-refractivity contribution < 1.29 is 33.4 Å². The SMILES string of the molecule is O=C(O)COc1ccc(/C=C2\C(=O)NC(=O)N(c3ccccc3F)C2=O)cc1Cl. The number of ether oxygens (including phenoxy) is 1. The number of carboxylic acid groups (broad SMARTS) is 1. The zero-order chi connectivity index (χ0) is 21.1. The molecule has 0 aromatic heterocycles. The van der Waals surface area contributed by atoms with Crippen LogP contribution in [0, 0.1) is 5.82 Å². The summed E-state index contributed by atoms with van der Waals surface area (Å²) in [7, 11) is 0. The van der Waals surface area contributed by atoms with Crippen molar-refractivity contribution in [3.05, 3.63) is 64.4 Å². The summed E-state index contributed by atoms with van der Waals surface area (Å²) in [6.07, 6.45) is 1.17. The van der Waals surface area contributed by atoms with Gasteiger partial charge in [-0.15, -0.1) is 0 Å². The highest BCUT2D eigenvalue weighted by molar-refractivity contribution is 6.39. The van der Waals surface area contributed by atoms with Crippen LogP contribution in [-0.2, 0) is 14.4 Å². The molecule has 1 aliphatic heterocycles. The molecule has 1 aliphatic rings. The number of para-hydroxylation sites is 1. The molecule has 8 nitrogen and oxygen atoms in total. The summed E-state index contributed by atoms with van der Waals surface area (Å²) in [6, 6.07) is 8.20. The van der Waals surface area contributed by atoms with Crippen LogP contribution in [0.2, 0.25) is 5.02 Å². The molecule has 2 aromatic carbocycles. The van der Waals surface area contributed by atoms with Crippen molar-refractivity contribution in [3.63, 3.8) is 0 Å². The smallest absolute Gasteiger partial charge is 0.341 e. The van der Waals surface area contributed by atoms with Crippen LogP contribution in [0.3, 0.4) is 0 Å². The number of imide groups is 2. The first-order valence-electron chi connectivity index (χ1n) is 8.08. The van der Waals surface area contributed by atoms with Crippen molar-refractivity contribution in [2.45, 2.75) is 0 Å². The Morgan fingerprint density at radius 3 is 2.59 bits per heavy atom. The van der Waals surface area contributed by atoms with Gasteiger partial charge in [0, 0.05) is 0 Å². The molecule has 3 rings (SSSR count). The Kier molecular flexibility index (Phi) is 5.60. The normalized spacial score (nSPS) is 15.4. The molecule has 0 bridgehead atoms. The maximum atomic E-state index is 14.0. The van der Waals surface area contributed by atoms with Gasteiger partial charge in [-0.25, -0.2) is 18.9 Å². The van der Waals surface area contributed by atoms with Crippen molar-refractivity contribution in [2.24, 2.45) is 0 Å². The zero-order valence-corrected chi connectivity index (χ0v) is 15.3. The van der Waals surface area contributed by atoms with Gasteiger partial charge >= 0.3 is 12.0 Å². The summed E-state index contributed by atoms with van der Waals surface area (Å²) in [5.41, 5.74) is -0.411. The number of halogens is 2. The van der Waals surface area contributed by atoms with Crippen molar-refractivity contribution >= 4 is 47.2 Å². The fraction of sp³-hybridized carbons (Fsp3) is 0.0526. The number of carbonyl (C=O) groups excluding carboxylic acids is 3. The van der Waals surface area contributed by atoms with Gasteiger partial charge in [-0.2, -0.15) is 0 Å². The van der Waals surface area contributed by atoms with Gasteiger partial charge in [-0.3, -0.25) is 14.9 Å². The monoisotopic (exact) mass is 418 g/mol. The molecule has 0 atom stereocenters. The average Bonchev–Trinajstić information content (AvgIpc) is 2.65. The molecule has 29 heavy (non-hydrogen) atoms. The van der Waals surface area contributed by atoms with E-state index in [0.717, 1.165) is 6.07 Å². The Bertz CT molecular complexity index is 1070. The number of barbiturate groups is 1. The molecule has 1 heterocycles. The van der Waals surface area contributed by atoms with Gasteiger partial charge in [-0.1, -0.05) is 29.8 Å². The van der Waals surface area contributed by atoms with Crippen molar-refractivity contribution in [1.82, 2.24) is 5.32 Å². The van der Waals surface area contributed by atoms with Crippen LogP contribution in [0.5, 0.6) is 5.75 Å². The fourth-order valence-electron chi connectivity index (χ4n) is 2.54. The number of carbonyl (C=O) groups is 4. The van der Waals surface area contributed by atoms with Gasteiger partial charge in [0.05, 0.1) is 10.7 Å². The van der Waals surface area contributed by atoms with Crippen LogP contribution in [0.15, 0.2) is 48.0 Å². The summed E-state index contributed by atoms with van der Waals surface area (Å²) in [6.45, 7) is -0.596. The van der Waals surface area contributed by atoms with E-state index in [2.05, 4.69) is 0 Å². The maximum absolute atomic E-state index is 14.0. The molecule has 148 valence electrons. The molecule has 2 aromatic rings. The lowest BCUT2D eigenvalue weighted by atomic mass is 10.1. The van der Waals surface area contributed by atoms with Gasteiger partial charge < -0.3 is 9.84 Å². The van der Waals surface area contributed by atoms with Crippen molar-refractivity contribution in [2.75, 3.05) is 11.5 Å². The molecule has 1 fully saturated rings. The number of amides is 4. The Labute approximate surface area is 168 Å². The van der Waals surface area contributed by atoms with E-state index >= 15 is 0 Å². The van der Waals surface area contributed by atoms with Crippen LogP contribution >= 0.6 is 11.6 Å². The van der Waals surface area contributed by atoms with E-state index in [0.29, 0.717) is 10.5 Å². The second-order valence-corrected chi connectivity index (χ2v) is 6.19. The van der Waals surface area contributed by atoms with Gasteiger partial charge in [0.15, 0.2) is 6.61 Å². The minimum absolute atomic E-state index is 0.0475. The van der Waals surface area contributed by atoms with E-state index in [-0.39, 0.29) is 16.5 Å². The quantitative estimate of drug-likeness (QED) is 0.570. The number of anilines is 1. The van der Waals surface area contributed by atoms with Gasteiger partial charge in [0.1, 0.15) is 17.1 Å². The second kappa shape index (κ2) is 8.11. The Morgan fingerprint density at radius 2 is 1.93 bits per heavy atom. The zero-order valence-electron chi connectivity index (χ0n) is 14.5. The third-order valence-electron chi connectivity index (χ3n) is 3.81. The molecular formula is C19H12ClFN2O6. The number of aliphatic carboxylic acids is 1. The first-order chi connectivity index (χ1) is 13.8. The van der Waals surface area contributed by atoms with Gasteiger partial charge in [0.2, 0.25) is 0 Å². The van der Waals surface area contributed by atoms with Crippen LogP contribution in [0.25, 0.3) is 6.08 Å². The van der Waals surface area contributed by atoms with Crippen molar-refractivity contribution in [1.29, 1.82) is 0 Å². The standard InChI is InChI=1S/C19H12ClFN2O6/c20-12-8-10(5-6-15(12)29-9-16(24)25)7-11-17(26)22-19(28)23(18(11)27)14-4-2-1-3-13(14)21/h1-8H,9H2,(H,24,25)(H,22,26,28)/b11-7+. The molecule has 0 unspecified atom stereocenters. The van der Waals surface area contributed by atoms with Gasteiger partial charge in [0.25, 0.3) is 11.8 Å². The molecule has 0 saturated carbocycles. The fourth-order valence-corrected chi connectivity index (χ4v) is 2.78. The van der Waals surface area contributed by atoms with Crippen LogP contribution < -0.4 is 15.0 Å². The highest BCUT2D eigenvalue weighted by Gasteiger charge is 2.37. The Balaban J connectivity index is 1.94. The lowest BCUT2D eigenvalue weighted by Crippen LogP contribution is -2.54. The van der Waals surface area contributed by atoms with Crippen LogP contribution in [0.4, 0.5) is 14.9 Å². The molecule has 2 N–H and O–H groups in total. The van der Waals surface area contributed by atoms with E-state index in [1.807, 2.05) is 5.32 Å². The number of nitrogens with zero attached hydrogens (tertiary/aromatic N) is 1. The number of hydrogen-bond acceptors (Lipinski definition) is 5.